The fourth-order valence-electron chi connectivity index (χ4n) is 8.34. The first kappa shape index (κ1) is 35.3. The minimum absolute atomic E-state index is 0.0663. The molecule has 0 unspecified atom stereocenters. The molecule has 0 spiro atoms. The summed E-state index contributed by atoms with van der Waals surface area (Å²) in [7, 11) is 2.18. The highest BCUT2D eigenvalue weighted by atomic mass is 35.5. The lowest BCUT2D eigenvalue weighted by molar-refractivity contribution is -0.134. The van der Waals surface area contributed by atoms with Crippen molar-refractivity contribution in [3.05, 3.63) is 69.2 Å². The summed E-state index contributed by atoms with van der Waals surface area (Å²) in [5.74, 6) is -0.0663. The van der Waals surface area contributed by atoms with Crippen molar-refractivity contribution in [3.8, 4) is 0 Å². The van der Waals surface area contributed by atoms with E-state index in [4.69, 9.17) is 17.3 Å². The molecule has 1 atom stereocenters. The number of carbonyl (C=O) groups excluding carboxylic acids is 2. The van der Waals surface area contributed by atoms with Gasteiger partial charge in [-0.1, -0.05) is 42.8 Å². The van der Waals surface area contributed by atoms with Gasteiger partial charge in [0.1, 0.15) is 6.04 Å². The second-order valence-electron chi connectivity index (χ2n) is 14.5. The number of likely N-dealkylation sites (N-methyl/N-ethyl adjacent to an activating group) is 1. The number of piperidine rings is 2. The molecular weight excluding hydrogens is 666 g/mol. The number of likely N-dealkylation sites (tertiary alicyclic amines) is 2. The number of carbonyl (C=O) groups is 2. The number of anilines is 1. The average Bonchev–Trinajstić information content (AvgIpc) is 3.34. The molecule has 4 N–H and O–H groups in total. The van der Waals surface area contributed by atoms with E-state index in [0.29, 0.717) is 68.6 Å². The van der Waals surface area contributed by atoms with Crippen molar-refractivity contribution in [1.82, 2.24) is 39.5 Å². The monoisotopic (exact) mass is 715 g/mol. The molecule has 3 saturated heterocycles. The number of urea groups is 1. The Hall–Kier alpha value is -4.13. The van der Waals surface area contributed by atoms with E-state index < -0.39 is 6.04 Å². The molecule has 0 bridgehead atoms. The SMILES string of the molecule is CCc1cc(C[C@@H](NC(=O)N2CCC(n3c(=O)[nH]c4c5ccccc5ncc43)CC2)C(=O)N2CCC(N3CCCN(C)CC3)CC2)cc(Cl)c1N. The Morgan fingerprint density at radius 3 is 2.47 bits per heavy atom. The summed E-state index contributed by atoms with van der Waals surface area (Å²) in [5.41, 5.74) is 10.8. The van der Waals surface area contributed by atoms with Crippen LogP contribution in [0.25, 0.3) is 21.9 Å². The molecule has 0 aliphatic carbocycles. The maximum absolute atomic E-state index is 14.2. The Kier molecular flexibility index (Phi) is 10.5. The van der Waals surface area contributed by atoms with Crippen LogP contribution in [0.4, 0.5) is 10.5 Å². The molecule has 51 heavy (non-hydrogen) atoms. The van der Waals surface area contributed by atoms with Gasteiger partial charge in [-0.3, -0.25) is 19.2 Å². The minimum Gasteiger partial charge on any atom is -0.397 e. The molecule has 5 heterocycles. The first-order valence-electron chi connectivity index (χ1n) is 18.5. The predicted molar refractivity (Wildman–Crippen MR) is 202 cm³/mol. The third-order valence-corrected chi connectivity index (χ3v) is 11.6. The zero-order valence-electron chi connectivity index (χ0n) is 29.7. The number of amides is 3. The van der Waals surface area contributed by atoms with Gasteiger partial charge in [0.15, 0.2) is 0 Å². The molecule has 2 aromatic carbocycles. The number of benzene rings is 2. The lowest BCUT2D eigenvalue weighted by Gasteiger charge is -2.39. The number of aryl methyl sites for hydroxylation is 1. The number of hydrogen-bond acceptors (Lipinski definition) is 7. The first-order chi connectivity index (χ1) is 24.7. The van der Waals surface area contributed by atoms with Crippen molar-refractivity contribution >= 4 is 51.2 Å². The van der Waals surface area contributed by atoms with Crippen LogP contribution >= 0.6 is 11.6 Å². The number of rotatable bonds is 7. The Labute approximate surface area is 303 Å². The number of pyridine rings is 1. The molecule has 13 heteroatoms. The van der Waals surface area contributed by atoms with E-state index in [9.17, 15) is 14.4 Å². The second-order valence-corrected chi connectivity index (χ2v) is 14.9. The van der Waals surface area contributed by atoms with E-state index in [0.717, 1.165) is 78.5 Å². The third-order valence-electron chi connectivity index (χ3n) is 11.3. The summed E-state index contributed by atoms with van der Waals surface area (Å²) in [6.07, 6.45) is 7.03. The first-order valence-corrected chi connectivity index (χ1v) is 18.9. The molecule has 7 rings (SSSR count). The van der Waals surface area contributed by atoms with Crippen molar-refractivity contribution in [2.75, 3.05) is 65.1 Å². The fraction of sp³-hybridized carbons (Fsp3) is 0.526. The normalized spacial score (nSPS) is 19.4. The number of nitrogens with one attached hydrogen (secondary N) is 2. The van der Waals surface area contributed by atoms with Gasteiger partial charge in [-0.2, -0.15) is 0 Å². The number of aromatic amines is 1. The van der Waals surface area contributed by atoms with Crippen molar-refractivity contribution in [1.29, 1.82) is 0 Å². The van der Waals surface area contributed by atoms with Crippen LogP contribution in [0.15, 0.2) is 47.4 Å². The van der Waals surface area contributed by atoms with E-state index >= 15 is 0 Å². The van der Waals surface area contributed by atoms with Crippen molar-refractivity contribution < 1.29 is 9.59 Å². The van der Waals surface area contributed by atoms with Crippen LogP contribution in [0.2, 0.25) is 5.02 Å². The predicted octanol–water partition coefficient (Wildman–Crippen LogP) is 4.26. The van der Waals surface area contributed by atoms with Crippen LogP contribution in [0, 0.1) is 0 Å². The number of imidazole rings is 1. The van der Waals surface area contributed by atoms with Gasteiger partial charge in [-0.05, 0) is 81.9 Å². The summed E-state index contributed by atoms with van der Waals surface area (Å²) in [6.45, 7) is 8.63. The molecular formula is C38H50ClN9O3. The lowest BCUT2D eigenvalue weighted by Crippen LogP contribution is -2.56. The second kappa shape index (κ2) is 15.2. The molecule has 272 valence electrons. The quantitative estimate of drug-likeness (QED) is 0.244. The summed E-state index contributed by atoms with van der Waals surface area (Å²) >= 11 is 6.53. The molecule has 0 saturated carbocycles. The van der Waals surface area contributed by atoms with Crippen molar-refractivity contribution in [2.24, 2.45) is 0 Å². The number of H-pyrrole nitrogens is 1. The number of hydrogen-bond donors (Lipinski definition) is 3. The fourth-order valence-corrected chi connectivity index (χ4v) is 8.60. The van der Waals surface area contributed by atoms with Crippen LogP contribution < -0.4 is 16.7 Å². The van der Waals surface area contributed by atoms with Crippen molar-refractivity contribution in [2.45, 2.75) is 70.0 Å². The molecule has 12 nitrogen and oxygen atoms in total. The zero-order valence-corrected chi connectivity index (χ0v) is 30.5. The van der Waals surface area contributed by atoms with E-state index in [1.165, 1.54) is 0 Å². The number of halogens is 1. The number of para-hydroxylation sites is 1. The van der Waals surface area contributed by atoms with Gasteiger partial charge in [0.25, 0.3) is 0 Å². The standard InChI is InChI=1S/C38H50ClN9O3/c1-3-26-21-25(22-30(39)34(26)40)23-32(36(49)46-15-9-27(10-16-46)45-14-6-13-44(2)19-20-45)42-37(50)47-17-11-28(12-18-47)48-33-24-41-31-8-5-4-7-29(31)35(33)43-38(48)51/h4-5,7-8,21-22,24,27-28,32H,3,6,9-20,23,40H2,1-2H3,(H,42,50)(H,43,51)/t32-/m1/s1. The van der Waals surface area contributed by atoms with Gasteiger partial charge < -0.3 is 30.7 Å². The highest BCUT2D eigenvalue weighted by Crippen LogP contribution is 2.29. The average molecular weight is 716 g/mol. The van der Waals surface area contributed by atoms with Gasteiger partial charge in [-0.25, -0.2) is 9.59 Å². The van der Waals surface area contributed by atoms with Crippen LogP contribution in [0.3, 0.4) is 0 Å². The Balaban J connectivity index is 1.04. The highest BCUT2D eigenvalue weighted by Gasteiger charge is 2.34. The molecule has 2 aromatic heterocycles. The molecule has 4 aromatic rings. The van der Waals surface area contributed by atoms with Crippen LogP contribution in [-0.2, 0) is 17.6 Å². The zero-order chi connectivity index (χ0) is 35.6. The molecule has 0 radical (unpaired) electrons. The van der Waals surface area contributed by atoms with Crippen LogP contribution in [0.5, 0.6) is 0 Å². The maximum Gasteiger partial charge on any atom is 0.326 e. The number of aromatic nitrogens is 3. The van der Waals surface area contributed by atoms with Gasteiger partial charge in [0, 0.05) is 63.2 Å². The van der Waals surface area contributed by atoms with E-state index in [2.05, 4.69) is 32.1 Å². The van der Waals surface area contributed by atoms with E-state index in [-0.39, 0.29) is 23.7 Å². The van der Waals surface area contributed by atoms with Gasteiger partial charge in [0.2, 0.25) is 5.91 Å². The smallest absolute Gasteiger partial charge is 0.326 e. The van der Waals surface area contributed by atoms with Crippen molar-refractivity contribution in [3.63, 3.8) is 0 Å². The van der Waals surface area contributed by atoms with Crippen LogP contribution in [-0.4, -0.2) is 118 Å². The largest absolute Gasteiger partial charge is 0.397 e. The Morgan fingerprint density at radius 2 is 1.71 bits per heavy atom. The van der Waals surface area contributed by atoms with Crippen LogP contribution in [0.1, 0.15) is 56.2 Å². The van der Waals surface area contributed by atoms with Gasteiger partial charge >= 0.3 is 11.7 Å². The summed E-state index contributed by atoms with van der Waals surface area (Å²) < 4.78 is 1.79. The molecule has 3 fully saturated rings. The summed E-state index contributed by atoms with van der Waals surface area (Å²) in [6, 6.07) is 11.0. The van der Waals surface area contributed by atoms with Gasteiger partial charge in [0.05, 0.1) is 33.5 Å². The number of nitrogen functional groups attached to an aromatic ring is 1. The maximum atomic E-state index is 14.2. The Bertz CT molecular complexity index is 1940. The molecule has 3 amide bonds. The molecule has 3 aliphatic rings. The number of fused-ring (bicyclic) bond motifs is 3. The Morgan fingerprint density at radius 1 is 0.980 bits per heavy atom. The van der Waals surface area contributed by atoms with E-state index in [1.54, 1.807) is 15.7 Å². The summed E-state index contributed by atoms with van der Waals surface area (Å²) in [4.78, 5) is 57.6. The topological polar surface area (TPSA) is 136 Å². The summed E-state index contributed by atoms with van der Waals surface area (Å²) in [5, 5.41) is 4.49. The number of nitrogens with zero attached hydrogens (tertiary/aromatic N) is 6. The van der Waals surface area contributed by atoms with Gasteiger partial charge in [-0.15, -0.1) is 0 Å². The number of nitrogens with two attached hydrogens (primary N) is 1. The lowest BCUT2D eigenvalue weighted by atomic mass is 9.98. The highest BCUT2D eigenvalue weighted by molar-refractivity contribution is 6.33. The minimum atomic E-state index is -0.751. The molecule has 3 aliphatic heterocycles. The third kappa shape index (κ3) is 7.45. The van der Waals surface area contributed by atoms with E-state index in [1.807, 2.05) is 48.2 Å².